The number of piperidine rings is 1. The lowest BCUT2D eigenvalue weighted by molar-refractivity contribution is -0.0145. The molecule has 2 fully saturated rings. The van der Waals surface area contributed by atoms with E-state index in [0.29, 0.717) is 18.1 Å². The molecule has 0 aromatic heterocycles. The molecule has 0 bridgehead atoms. The van der Waals surface area contributed by atoms with Crippen molar-refractivity contribution in [1.29, 1.82) is 0 Å². The molecule has 1 amide bonds. The number of carbonyl (C=O) groups excluding carboxylic acids is 1. The van der Waals surface area contributed by atoms with E-state index in [2.05, 4.69) is 70.8 Å². The van der Waals surface area contributed by atoms with Gasteiger partial charge in [-0.15, -0.1) is 0 Å². The van der Waals surface area contributed by atoms with E-state index in [1.165, 1.54) is 5.56 Å². The van der Waals surface area contributed by atoms with Crippen molar-refractivity contribution in [3.05, 3.63) is 34.3 Å². The highest BCUT2D eigenvalue weighted by molar-refractivity contribution is 9.10. The molecule has 4 atom stereocenters. The van der Waals surface area contributed by atoms with E-state index in [1.807, 2.05) is 25.7 Å². The number of rotatable bonds is 3. The van der Waals surface area contributed by atoms with Crippen molar-refractivity contribution in [3.63, 3.8) is 0 Å². The molecule has 2 heterocycles. The van der Waals surface area contributed by atoms with Gasteiger partial charge in [-0.2, -0.15) is 0 Å². The first-order chi connectivity index (χ1) is 14.0. The van der Waals surface area contributed by atoms with Gasteiger partial charge >= 0.3 is 6.09 Å². The Morgan fingerprint density at radius 2 is 1.77 bits per heavy atom. The van der Waals surface area contributed by atoms with Gasteiger partial charge in [0.05, 0.1) is 0 Å². The molecule has 30 heavy (non-hydrogen) atoms. The minimum atomic E-state index is -0.440. The van der Waals surface area contributed by atoms with E-state index in [9.17, 15) is 4.79 Å². The Balaban J connectivity index is 1.54. The van der Waals surface area contributed by atoms with E-state index in [4.69, 9.17) is 4.74 Å². The number of nitrogens with zero attached hydrogens (tertiary/aromatic N) is 3. The van der Waals surface area contributed by atoms with Crippen molar-refractivity contribution in [2.75, 3.05) is 26.2 Å². The molecule has 0 aliphatic carbocycles. The second-order valence-electron chi connectivity index (χ2n) is 10.0. The zero-order valence-electron chi connectivity index (χ0n) is 19.4. The highest BCUT2D eigenvalue weighted by Crippen LogP contribution is 2.30. The number of hydrogen-bond donors (Lipinski definition) is 0. The van der Waals surface area contributed by atoms with E-state index < -0.39 is 5.60 Å². The van der Waals surface area contributed by atoms with Crippen molar-refractivity contribution in [2.24, 2.45) is 0 Å². The molecule has 6 heteroatoms. The number of halogens is 1. The molecule has 168 valence electrons. The van der Waals surface area contributed by atoms with Gasteiger partial charge in [-0.25, -0.2) is 4.79 Å². The van der Waals surface area contributed by atoms with Gasteiger partial charge in [0.15, 0.2) is 0 Å². The minimum Gasteiger partial charge on any atom is -0.444 e. The number of likely N-dealkylation sites (tertiary alicyclic amines) is 1. The first-order valence-electron chi connectivity index (χ1n) is 11.3. The number of amides is 1. The van der Waals surface area contributed by atoms with Gasteiger partial charge in [0.1, 0.15) is 5.60 Å². The minimum absolute atomic E-state index is 0.171. The summed E-state index contributed by atoms with van der Waals surface area (Å²) >= 11 is 3.53. The predicted octanol–water partition coefficient (Wildman–Crippen LogP) is 5.30. The predicted molar refractivity (Wildman–Crippen MR) is 126 cm³/mol. The fourth-order valence-corrected chi connectivity index (χ4v) is 5.17. The highest BCUT2D eigenvalue weighted by atomic mass is 79.9. The van der Waals surface area contributed by atoms with Crippen LogP contribution in [0, 0.1) is 0 Å². The van der Waals surface area contributed by atoms with Crippen LogP contribution in [-0.2, 0) is 4.74 Å². The summed E-state index contributed by atoms with van der Waals surface area (Å²) in [5.41, 5.74) is 0.933. The average Bonchev–Trinajstić information content (AvgIpc) is 2.66. The first kappa shape index (κ1) is 23.6. The second kappa shape index (κ2) is 9.58. The molecule has 2 saturated heterocycles. The SMILES string of the molecule is C[C@@H]1CC(N2CCN([C@@H](C)c3ccc(Br)cc3)[C@H](C)C2)CCN1C(=O)OC(C)(C)C. The molecule has 2 aliphatic rings. The van der Waals surface area contributed by atoms with Gasteiger partial charge in [-0.1, -0.05) is 28.1 Å². The highest BCUT2D eigenvalue weighted by Gasteiger charge is 2.37. The number of hydrogen-bond acceptors (Lipinski definition) is 4. The van der Waals surface area contributed by atoms with Crippen LogP contribution in [0.3, 0.4) is 0 Å². The van der Waals surface area contributed by atoms with Crippen LogP contribution in [0.4, 0.5) is 4.79 Å². The zero-order chi connectivity index (χ0) is 22.1. The van der Waals surface area contributed by atoms with E-state index in [0.717, 1.165) is 43.5 Å². The Morgan fingerprint density at radius 3 is 2.33 bits per heavy atom. The van der Waals surface area contributed by atoms with Crippen LogP contribution in [0.25, 0.3) is 0 Å². The van der Waals surface area contributed by atoms with Crippen LogP contribution in [-0.4, -0.2) is 70.7 Å². The second-order valence-corrected chi connectivity index (χ2v) is 10.9. The lowest BCUT2D eigenvalue weighted by Gasteiger charge is -2.48. The topological polar surface area (TPSA) is 36.0 Å². The van der Waals surface area contributed by atoms with Gasteiger partial charge in [0, 0.05) is 54.8 Å². The first-order valence-corrected chi connectivity index (χ1v) is 12.1. The fourth-order valence-electron chi connectivity index (χ4n) is 4.91. The van der Waals surface area contributed by atoms with Gasteiger partial charge in [0.25, 0.3) is 0 Å². The Morgan fingerprint density at radius 1 is 1.10 bits per heavy atom. The number of carbonyl (C=O) groups is 1. The third-order valence-electron chi connectivity index (χ3n) is 6.55. The lowest BCUT2D eigenvalue weighted by Crippen LogP contribution is -2.58. The maximum atomic E-state index is 12.5. The Bertz CT molecular complexity index is 718. The lowest BCUT2D eigenvalue weighted by atomic mass is 9.95. The summed E-state index contributed by atoms with van der Waals surface area (Å²) in [4.78, 5) is 19.7. The summed E-state index contributed by atoms with van der Waals surface area (Å²) < 4.78 is 6.73. The molecule has 1 aromatic rings. The van der Waals surface area contributed by atoms with Gasteiger partial charge in [-0.3, -0.25) is 9.80 Å². The molecular weight excluding hydrogens is 442 g/mol. The summed E-state index contributed by atoms with van der Waals surface area (Å²) in [5, 5.41) is 0. The molecule has 3 rings (SSSR count). The molecule has 2 aliphatic heterocycles. The normalized spacial score (nSPS) is 27.7. The van der Waals surface area contributed by atoms with Crippen LogP contribution in [0.1, 0.15) is 66.0 Å². The molecule has 0 N–H and O–H groups in total. The van der Waals surface area contributed by atoms with Crippen LogP contribution < -0.4 is 0 Å². The molecule has 5 nitrogen and oxygen atoms in total. The molecule has 0 radical (unpaired) electrons. The summed E-state index contributed by atoms with van der Waals surface area (Å²) in [6, 6.07) is 10.4. The summed E-state index contributed by atoms with van der Waals surface area (Å²) in [5.74, 6) is 0. The molecular formula is C24H38BrN3O2. The van der Waals surface area contributed by atoms with Crippen LogP contribution in [0.2, 0.25) is 0 Å². The van der Waals surface area contributed by atoms with E-state index in [-0.39, 0.29) is 12.1 Å². The Labute approximate surface area is 190 Å². The smallest absolute Gasteiger partial charge is 0.410 e. The van der Waals surface area contributed by atoms with E-state index >= 15 is 0 Å². The Kier molecular flexibility index (Phi) is 7.52. The summed E-state index contributed by atoms with van der Waals surface area (Å²) in [6.45, 7) is 16.7. The van der Waals surface area contributed by atoms with Crippen molar-refractivity contribution in [2.45, 2.75) is 84.2 Å². The fraction of sp³-hybridized carbons (Fsp3) is 0.708. The zero-order valence-corrected chi connectivity index (χ0v) is 21.0. The monoisotopic (exact) mass is 479 g/mol. The third-order valence-corrected chi connectivity index (χ3v) is 7.08. The number of benzene rings is 1. The average molecular weight is 480 g/mol. The molecule has 0 spiro atoms. The van der Waals surface area contributed by atoms with Crippen molar-refractivity contribution in [3.8, 4) is 0 Å². The number of ether oxygens (including phenoxy) is 1. The number of piperazine rings is 1. The van der Waals surface area contributed by atoms with Crippen molar-refractivity contribution >= 4 is 22.0 Å². The van der Waals surface area contributed by atoms with Crippen molar-refractivity contribution < 1.29 is 9.53 Å². The van der Waals surface area contributed by atoms with Gasteiger partial charge in [0.2, 0.25) is 0 Å². The quantitative estimate of drug-likeness (QED) is 0.588. The van der Waals surface area contributed by atoms with Gasteiger partial charge in [-0.05, 0) is 72.1 Å². The van der Waals surface area contributed by atoms with Crippen molar-refractivity contribution in [1.82, 2.24) is 14.7 Å². The van der Waals surface area contributed by atoms with Crippen LogP contribution >= 0.6 is 15.9 Å². The van der Waals surface area contributed by atoms with E-state index in [1.54, 1.807) is 0 Å². The maximum absolute atomic E-state index is 12.5. The summed E-state index contributed by atoms with van der Waals surface area (Å²) in [6.07, 6.45) is 1.88. The molecule has 0 saturated carbocycles. The molecule has 1 unspecified atom stereocenters. The maximum Gasteiger partial charge on any atom is 0.410 e. The molecule has 1 aromatic carbocycles. The van der Waals surface area contributed by atoms with Crippen LogP contribution in [0.5, 0.6) is 0 Å². The summed E-state index contributed by atoms with van der Waals surface area (Å²) in [7, 11) is 0. The van der Waals surface area contributed by atoms with Gasteiger partial charge < -0.3 is 9.64 Å². The Hall–Kier alpha value is -1.11. The largest absolute Gasteiger partial charge is 0.444 e. The third kappa shape index (κ3) is 5.77. The van der Waals surface area contributed by atoms with Crippen LogP contribution in [0.15, 0.2) is 28.7 Å². The standard InChI is InChI=1S/C24H38BrN3O2/c1-17-15-22(11-12-28(17)23(29)30-24(4,5)6)26-13-14-27(18(2)16-26)19(3)20-7-9-21(25)10-8-20/h7-10,17-19,22H,11-16H2,1-6H3/t17-,18-,19+,22?/m1/s1.